The number of nitrogens with one attached hydrogen (secondary N) is 1. The van der Waals surface area contributed by atoms with E-state index in [1.54, 1.807) is 12.2 Å². The maximum Gasteiger partial charge on any atom is 0.303 e. The van der Waals surface area contributed by atoms with E-state index in [0.29, 0.717) is 0 Å². The lowest BCUT2D eigenvalue weighted by molar-refractivity contribution is -0.137. The lowest BCUT2D eigenvalue weighted by atomic mass is 10.1. The van der Waals surface area contributed by atoms with E-state index < -0.39 is 11.5 Å². The van der Waals surface area contributed by atoms with Gasteiger partial charge in [0.2, 0.25) is 5.88 Å². The van der Waals surface area contributed by atoms with Gasteiger partial charge >= 0.3 is 5.97 Å². The second-order valence-corrected chi connectivity index (χ2v) is 4.74. The predicted molar refractivity (Wildman–Crippen MR) is 82.5 cm³/mol. The number of carbonyl (C=O) groups is 1. The Morgan fingerprint density at radius 1 is 1.23 bits per heavy atom. The molecule has 0 aliphatic rings. The number of hydrogen-bond acceptors (Lipinski definition) is 4. The maximum absolute atomic E-state index is 11.9. The molecule has 1 aromatic heterocycles. The van der Waals surface area contributed by atoms with Crippen LogP contribution in [0.5, 0.6) is 5.88 Å². The minimum atomic E-state index is -0.939. The van der Waals surface area contributed by atoms with Gasteiger partial charge in [-0.2, -0.15) is 4.98 Å². The largest absolute Gasteiger partial charge is 0.493 e. The summed E-state index contributed by atoms with van der Waals surface area (Å²) in [4.78, 5) is 28.8. The SMILES string of the molecule is O=C(O)CCCc1c(O)nc(/C=C/c2ccccc2)[nH]c1=O. The molecule has 0 bridgehead atoms. The summed E-state index contributed by atoms with van der Waals surface area (Å²) in [5.41, 5.74) is 0.596. The number of benzene rings is 1. The molecule has 3 N–H and O–H groups in total. The summed E-state index contributed by atoms with van der Waals surface area (Å²) in [6, 6.07) is 9.47. The standard InChI is InChI=1S/C16H16N2O4/c19-14(20)8-4-7-12-15(21)17-13(18-16(12)22)10-9-11-5-2-1-3-6-11/h1-3,5-6,9-10H,4,7-8H2,(H,19,20)(H2,17,18,21,22)/b10-9+. The fourth-order valence-corrected chi connectivity index (χ4v) is 1.96. The monoisotopic (exact) mass is 300 g/mol. The summed E-state index contributed by atoms with van der Waals surface area (Å²) in [6.07, 6.45) is 3.74. The Morgan fingerprint density at radius 3 is 2.59 bits per heavy atom. The summed E-state index contributed by atoms with van der Waals surface area (Å²) in [5, 5.41) is 18.4. The number of aromatic nitrogens is 2. The zero-order valence-electron chi connectivity index (χ0n) is 11.8. The first kappa shape index (κ1) is 15.5. The minimum Gasteiger partial charge on any atom is -0.493 e. The zero-order valence-corrected chi connectivity index (χ0v) is 11.8. The molecule has 0 atom stereocenters. The van der Waals surface area contributed by atoms with E-state index in [1.807, 2.05) is 30.3 Å². The van der Waals surface area contributed by atoms with Crippen molar-refractivity contribution in [1.82, 2.24) is 9.97 Å². The average molecular weight is 300 g/mol. The van der Waals surface area contributed by atoms with Gasteiger partial charge in [-0.05, 0) is 24.5 Å². The van der Waals surface area contributed by atoms with Crippen molar-refractivity contribution in [1.29, 1.82) is 0 Å². The molecular formula is C16H16N2O4. The number of aromatic hydroxyl groups is 1. The third kappa shape index (κ3) is 4.31. The van der Waals surface area contributed by atoms with Gasteiger partial charge < -0.3 is 15.2 Å². The van der Waals surface area contributed by atoms with Crippen molar-refractivity contribution in [2.75, 3.05) is 0 Å². The molecule has 1 heterocycles. The maximum atomic E-state index is 11.9. The summed E-state index contributed by atoms with van der Waals surface area (Å²) in [7, 11) is 0. The first-order chi connectivity index (χ1) is 10.6. The Labute approximate surface area is 126 Å². The number of aromatic amines is 1. The minimum absolute atomic E-state index is 0.0610. The van der Waals surface area contributed by atoms with Crippen LogP contribution in [0.25, 0.3) is 12.2 Å². The predicted octanol–water partition coefficient (Wildman–Crippen LogP) is 2.05. The molecule has 22 heavy (non-hydrogen) atoms. The Hall–Kier alpha value is -2.89. The van der Waals surface area contributed by atoms with Crippen LogP contribution in [-0.4, -0.2) is 26.2 Å². The highest BCUT2D eigenvalue weighted by molar-refractivity contribution is 5.67. The Morgan fingerprint density at radius 2 is 1.95 bits per heavy atom. The van der Waals surface area contributed by atoms with Crippen molar-refractivity contribution in [2.24, 2.45) is 0 Å². The van der Waals surface area contributed by atoms with E-state index in [4.69, 9.17) is 5.11 Å². The van der Waals surface area contributed by atoms with Crippen molar-refractivity contribution < 1.29 is 15.0 Å². The summed E-state index contributed by atoms with van der Waals surface area (Å²) in [5.74, 6) is -1.05. The first-order valence-electron chi connectivity index (χ1n) is 6.83. The van der Waals surface area contributed by atoms with Gasteiger partial charge in [0.25, 0.3) is 5.56 Å². The van der Waals surface area contributed by atoms with Crippen LogP contribution >= 0.6 is 0 Å². The molecule has 0 saturated heterocycles. The molecule has 2 rings (SSSR count). The van der Waals surface area contributed by atoms with E-state index in [1.165, 1.54) is 0 Å². The molecule has 2 aromatic rings. The molecule has 0 unspecified atom stereocenters. The van der Waals surface area contributed by atoms with Gasteiger partial charge in [-0.1, -0.05) is 36.4 Å². The molecule has 0 amide bonds. The molecule has 0 aliphatic carbocycles. The molecule has 6 heteroatoms. The summed E-state index contributed by atoms with van der Waals surface area (Å²) < 4.78 is 0. The van der Waals surface area contributed by atoms with Gasteiger partial charge in [0.05, 0.1) is 5.56 Å². The molecule has 6 nitrogen and oxygen atoms in total. The van der Waals surface area contributed by atoms with Gasteiger partial charge in [-0.3, -0.25) is 9.59 Å². The second-order valence-electron chi connectivity index (χ2n) is 4.74. The number of rotatable bonds is 6. The number of carboxylic acids is 1. The van der Waals surface area contributed by atoms with E-state index >= 15 is 0 Å². The van der Waals surface area contributed by atoms with Crippen LogP contribution in [0.4, 0.5) is 0 Å². The molecule has 1 aromatic carbocycles. The van der Waals surface area contributed by atoms with Crippen molar-refractivity contribution in [3.8, 4) is 5.88 Å². The molecule has 0 saturated carbocycles. The van der Waals surface area contributed by atoms with Crippen LogP contribution in [0.1, 0.15) is 29.8 Å². The number of nitrogens with zero attached hydrogens (tertiary/aromatic N) is 1. The van der Waals surface area contributed by atoms with Gasteiger partial charge in [-0.15, -0.1) is 0 Å². The Kier molecular flexibility index (Phi) is 5.08. The highest BCUT2D eigenvalue weighted by Gasteiger charge is 2.10. The average Bonchev–Trinajstić information content (AvgIpc) is 2.49. The third-order valence-electron chi connectivity index (χ3n) is 3.06. The van der Waals surface area contributed by atoms with Crippen LogP contribution in [0.15, 0.2) is 35.1 Å². The van der Waals surface area contributed by atoms with Gasteiger partial charge in [0, 0.05) is 6.42 Å². The van der Waals surface area contributed by atoms with Crippen molar-refractivity contribution >= 4 is 18.1 Å². The Bertz CT molecular complexity index is 736. The Balaban J connectivity index is 2.14. The lowest BCUT2D eigenvalue weighted by Crippen LogP contribution is -2.15. The first-order valence-corrected chi connectivity index (χ1v) is 6.83. The fraction of sp³-hybridized carbons (Fsp3) is 0.188. The van der Waals surface area contributed by atoms with Crippen LogP contribution in [0.2, 0.25) is 0 Å². The second kappa shape index (κ2) is 7.21. The molecular weight excluding hydrogens is 284 g/mol. The van der Waals surface area contributed by atoms with Crippen LogP contribution in [-0.2, 0) is 11.2 Å². The summed E-state index contributed by atoms with van der Waals surface area (Å²) in [6.45, 7) is 0. The normalized spacial score (nSPS) is 10.9. The van der Waals surface area contributed by atoms with Crippen LogP contribution in [0, 0.1) is 0 Å². The number of carboxylic acid groups (broad SMARTS) is 1. The number of H-pyrrole nitrogens is 1. The van der Waals surface area contributed by atoms with Gasteiger partial charge in [0.15, 0.2) is 0 Å². The zero-order chi connectivity index (χ0) is 15.9. The molecule has 0 spiro atoms. The van der Waals surface area contributed by atoms with E-state index in [-0.39, 0.29) is 36.5 Å². The quantitative estimate of drug-likeness (QED) is 0.757. The van der Waals surface area contributed by atoms with Gasteiger partial charge in [-0.25, -0.2) is 0 Å². The lowest BCUT2D eigenvalue weighted by Gasteiger charge is -2.03. The number of hydrogen-bond donors (Lipinski definition) is 3. The topological polar surface area (TPSA) is 103 Å². The fourth-order valence-electron chi connectivity index (χ4n) is 1.96. The van der Waals surface area contributed by atoms with Crippen molar-refractivity contribution in [2.45, 2.75) is 19.3 Å². The molecule has 0 radical (unpaired) electrons. The van der Waals surface area contributed by atoms with E-state index in [0.717, 1.165) is 5.56 Å². The van der Waals surface area contributed by atoms with Gasteiger partial charge in [0.1, 0.15) is 5.82 Å². The third-order valence-corrected chi connectivity index (χ3v) is 3.06. The van der Waals surface area contributed by atoms with Crippen molar-refractivity contribution in [3.05, 3.63) is 57.6 Å². The van der Waals surface area contributed by atoms with E-state index in [2.05, 4.69) is 9.97 Å². The summed E-state index contributed by atoms with van der Waals surface area (Å²) >= 11 is 0. The van der Waals surface area contributed by atoms with Crippen LogP contribution in [0.3, 0.4) is 0 Å². The van der Waals surface area contributed by atoms with E-state index in [9.17, 15) is 14.7 Å². The highest BCUT2D eigenvalue weighted by atomic mass is 16.4. The molecule has 0 fully saturated rings. The smallest absolute Gasteiger partial charge is 0.303 e. The molecule has 0 aliphatic heterocycles. The number of aliphatic carboxylic acids is 1. The highest BCUT2D eigenvalue weighted by Crippen LogP contribution is 2.13. The van der Waals surface area contributed by atoms with Crippen LogP contribution < -0.4 is 5.56 Å². The molecule has 114 valence electrons. The van der Waals surface area contributed by atoms with Crippen molar-refractivity contribution in [3.63, 3.8) is 0 Å².